The van der Waals surface area contributed by atoms with Crippen molar-refractivity contribution in [2.24, 2.45) is 11.8 Å². The second-order valence-corrected chi connectivity index (χ2v) is 9.57. The van der Waals surface area contributed by atoms with E-state index in [1.54, 1.807) is 30.5 Å². The van der Waals surface area contributed by atoms with Gasteiger partial charge in [-0.15, -0.1) is 0 Å². The van der Waals surface area contributed by atoms with Crippen molar-refractivity contribution in [3.63, 3.8) is 0 Å². The number of ether oxygens (including phenoxy) is 1. The first-order valence-corrected chi connectivity index (χ1v) is 11.6. The molecular formula is C21H27N5O3S. The molecule has 0 unspecified atom stereocenters. The van der Waals surface area contributed by atoms with Crippen LogP contribution in [-0.2, 0) is 10.0 Å². The number of anilines is 1. The highest BCUT2D eigenvalue weighted by molar-refractivity contribution is 7.89. The third kappa shape index (κ3) is 5.68. The van der Waals surface area contributed by atoms with Crippen molar-refractivity contribution in [1.29, 1.82) is 5.26 Å². The molecule has 0 aliphatic carbocycles. The molecule has 160 valence electrons. The average molecular weight is 430 g/mol. The van der Waals surface area contributed by atoms with Crippen LogP contribution in [0.5, 0.6) is 5.75 Å². The fraction of sp³-hybridized carbons (Fsp3) is 0.476. The number of hydrogen-bond acceptors (Lipinski definition) is 7. The van der Waals surface area contributed by atoms with Gasteiger partial charge in [-0.1, -0.05) is 13.8 Å². The molecule has 0 saturated carbocycles. The molecule has 0 radical (unpaired) electrons. The molecule has 0 spiro atoms. The van der Waals surface area contributed by atoms with Crippen molar-refractivity contribution in [1.82, 2.24) is 14.7 Å². The van der Waals surface area contributed by atoms with E-state index in [0.717, 1.165) is 12.8 Å². The van der Waals surface area contributed by atoms with Gasteiger partial charge in [0, 0.05) is 32.0 Å². The molecule has 0 bridgehead atoms. The standard InChI is InChI=1S/C21H27N5O3S/c1-16(2)15-29-18-3-5-19(6-4-18)30(27,28)25-14-17-7-11-26(12-8-17)21-20(13-22)23-9-10-24-21/h3-6,9-10,16-17,25H,7-8,11-12,14-15H2,1-2H3. The van der Waals surface area contributed by atoms with E-state index in [1.807, 2.05) is 4.90 Å². The van der Waals surface area contributed by atoms with Gasteiger partial charge in [-0.25, -0.2) is 23.1 Å². The molecule has 0 amide bonds. The summed E-state index contributed by atoms with van der Waals surface area (Å²) in [5.41, 5.74) is 0.317. The van der Waals surface area contributed by atoms with Gasteiger partial charge in [0.25, 0.3) is 0 Å². The third-order valence-electron chi connectivity index (χ3n) is 4.98. The Kier molecular flexibility index (Phi) is 7.24. The lowest BCUT2D eigenvalue weighted by molar-refractivity contribution is 0.271. The number of piperidine rings is 1. The van der Waals surface area contributed by atoms with Gasteiger partial charge in [0.1, 0.15) is 11.8 Å². The maximum atomic E-state index is 12.6. The highest BCUT2D eigenvalue weighted by atomic mass is 32.2. The van der Waals surface area contributed by atoms with Crippen LogP contribution in [0, 0.1) is 23.2 Å². The molecular weight excluding hydrogens is 402 g/mol. The lowest BCUT2D eigenvalue weighted by Gasteiger charge is -2.32. The smallest absolute Gasteiger partial charge is 0.240 e. The van der Waals surface area contributed by atoms with Crippen LogP contribution in [-0.4, -0.2) is 44.6 Å². The van der Waals surface area contributed by atoms with Crippen LogP contribution < -0.4 is 14.4 Å². The molecule has 1 aliphatic heterocycles. The van der Waals surface area contributed by atoms with Gasteiger partial charge in [0.2, 0.25) is 10.0 Å². The van der Waals surface area contributed by atoms with Crippen LogP contribution in [0.15, 0.2) is 41.6 Å². The topological polar surface area (TPSA) is 108 Å². The van der Waals surface area contributed by atoms with Gasteiger partial charge in [0.15, 0.2) is 11.5 Å². The zero-order valence-electron chi connectivity index (χ0n) is 17.3. The molecule has 1 fully saturated rings. The molecule has 1 aromatic carbocycles. The summed E-state index contributed by atoms with van der Waals surface area (Å²) in [5.74, 6) is 1.89. The maximum absolute atomic E-state index is 12.6. The Balaban J connectivity index is 1.51. The van der Waals surface area contributed by atoms with Crippen molar-refractivity contribution in [3.8, 4) is 11.8 Å². The highest BCUT2D eigenvalue weighted by Crippen LogP contribution is 2.23. The van der Waals surface area contributed by atoms with Crippen LogP contribution in [0.4, 0.5) is 5.82 Å². The second-order valence-electron chi connectivity index (χ2n) is 7.80. The molecule has 30 heavy (non-hydrogen) atoms. The Morgan fingerprint density at radius 1 is 1.20 bits per heavy atom. The number of nitrogens with zero attached hydrogens (tertiary/aromatic N) is 4. The number of aromatic nitrogens is 2. The summed E-state index contributed by atoms with van der Waals surface area (Å²) in [5, 5.41) is 9.19. The first-order valence-electron chi connectivity index (χ1n) is 10.1. The minimum Gasteiger partial charge on any atom is -0.493 e. The van der Waals surface area contributed by atoms with E-state index in [1.165, 1.54) is 6.20 Å². The molecule has 0 atom stereocenters. The van der Waals surface area contributed by atoms with Crippen molar-refractivity contribution >= 4 is 15.8 Å². The number of nitriles is 1. The number of sulfonamides is 1. The molecule has 1 saturated heterocycles. The van der Waals surface area contributed by atoms with Crippen LogP contribution >= 0.6 is 0 Å². The Labute approximate surface area is 178 Å². The Morgan fingerprint density at radius 3 is 2.50 bits per heavy atom. The first kappa shape index (κ1) is 22.0. The normalized spacial score (nSPS) is 15.2. The van der Waals surface area contributed by atoms with E-state index in [9.17, 15) is 13.7 Å². The molecule has 1 aromatic heterocycles. The fourth-order valence-electron chi connectivity index (χ4n) is 3.28. The van der Waals surface area contributed by atoms with Gasteiger partial charge in [-0.3, -0.25) is 0 Å². The maximum Gasteiger partial charge on any atom is 0.240 e. The molecule has 1 N–H and O–H groups in total. The minimum atomic E-state index is -3.57. The van der Waals surface area contributed by atoms with Crippen molar-refractivity contribution in [2.45, 2.75) is 31.6 Å². The van der Waals surface area contributed by atoms with Crippen LogP contribution in [0.3, 0.4) is 0 Å². The molecule has 1 aliphatic rings. The summed E-state index contributed by atoms with van der Waals surface area (Å²) in [4.78, 5) is 10.6. The van der Waals surface area contributed by atoms with Crippen molar-refractivity contribution in [3.05, 3.63) is 42.4 Å². The number of rotatable bonds is 8. The van der Waals surface area contributed by atoms with E-state index in [4.69, 9.17) is 4.74 Å². The molecule has 8 nitrogen and oxygen atoms in total. The van der Waals surface area contributed by atoms with Crippen molar-refractivity contribution < 1.29 is 13.2 Å². The van der Waals surface area contributed by atoms with E-state index >= 15 is 0 Å². The summed E-state index contributed by atoms with van der Waals surface area (Å²) in [6, 6.07) is 8.57. The lowest BCUT2D eigenvalue weighted by atomic mass is 9.97. The average Bonchev–Trinajstić information content (AvgIpc) is 2.77. The quantitative estimate of drug-likeness (QED) is 0.687. The van der Waals surface area contributed by atoms with Gasteiger partial charge in [-0.2, -0.15) is 5.26 Å². The number of benzene rings is 1. The Morgan fingerprint density at radius 2 is 1.87 bits per heavy atom. The molecule has 3 rings (SSSR count). The van der Waals surface area contributed by atoms with Crippen LogP contribution in [0.25, 0.3) is 0 Å². The SMILES string of the molecule is CC(C)COc1ccc(S(=O)(=O)NCC2CCN(c3nccnc3C#N)CC2)cc1. The monoisotopic (exact) mass is 429 g/mol. The fourth-order valence-corrected chi connectivity index (χ4v) is 4.39. The first-order chi connectivity index (χ1) is 14.4. The van der Waals surface area contributed by atoms with E-state index < -0.39 is 10.0 Å². The summed E-state index contributed by atoms with van der Waals surface area (Å²) in [7, 11) is -3.57. The highest BCUT2D eigenvalue weighted by Gasteiger charge is 2.24. The predicted octanol–water partition coefficient (Wildman–Crippen LogP) is 2.58. The van der Waals surface area contributed by atoms with Gasteiger partial charge in [-0.05, 0) is 48.9 Å². The summed E-state index contributed by atoms with van der Waals surface area (Å²) in [6.07, 6.45) is 4.71. The zero-order valence-corrected chi connectivity index (χ0v) is 18.1. The van der Waals surface area contributed by atoms with Gasteiger partial charge in [0.05, 0.1) is 11.5 Å². The van der Waals surface area contributed by atoms with E-state index in [-0.39, 0.29) is 10.8 Å². The van der Waals surface area contributed by atoms with Gasteiger partial charge >= 0.3 is 0 Å². The van der Waals surface area contributed by atoms with Crippen LogP contribution in [0.2, 0.25) is 0 Å². The summed E-state index contributed by atoms with van der Waals surface area (Å²) >= 11 is 0. The lowest BCUT2D eigenvalue weighted by Crippen LogP contribution is -2.39. The number of hydrogen-bond donors (Lipinski definition) is 1. The second kappa shape index (κ2) is 9.87. The molecule has 9 heteroatoms. The third-order valence-corrected chi connectivity index (χ3v) is 6.42. The van der Waals surface area contributed by atoms with Crippen LogP contribution in [0.1, 0.15) is 32.4 Å². The molecule has 2 aromatic rings. The Hall–Kier alpha value is -2.70. The molecule has 2 heterocycles. The summed E-state index contributed by atoms with van der Waals surface area (Å²) in [6.45, 7) is 6.51. The Bertz CT molecular complexity index is 978. The largest absolute Gasteiger partial charge is 0.493 e. The van der Waals surface area contributed by atoms with E-state index in [0.29, 0.717) is 49.4 Å². The van der Waals surface area contributed by atoms with Gasteiger partial charge < -0.3 is 9.64 Å². The summed E-state index contributed by atoms with van der Waals surface area (Å²) < 4.78 is 33.5. The predicted molar refractivity (Wildman–Crippen MR) is 114 cm³/mol. The van der Waals surface area contributed by atoms with E-state index in [2.05, 4.69) is 34.6 Å². The number of nitrogens with one attached hydrogen (secondary N) is 1. The van der Waals surface area contributed by atoms with Crippen molar-refractivity contribution in [2.75, 3.05) is 31.1 Å². The zero-order chi connectivity index (χ0) is 21.6. The minimum absolute atomic E-state index is 0.229.